The summed E-state index contributed by atoms with van der Waals surface area (Å²) in [6.07, 6.45) is -0.141. The Morgan fingerprint density at radius 3 is 2.12 bits per heavy atom. The van der Waals surface area contributed by atoms with Crippen LogP contribution in [0.25, 0.3) is 0 Å². The number of rotatable bonds is 7. The van der Waals surface area contributed by atoms with Gasteiger partial charge >= 0.3 is 5.97 Å². The molecule has 126 valence electrons. The van der Waals surface area contributed by atoms with Crippen LogP contribution in [0.5, 0.6) is 0 Å². The van der Waals surface area contributed by atoms with Gasteiger partial charge in [0.1, 0.15) is 0 Å². The van der Waals surface area contributed by atoms with Gasteiger partial charge in [-0.15, -0.1) is 0 Å². The monoisotopic (exact) mass is 367 g/mol. The molecule has 0 heterocycles. The standard InChI is InChI=1S/C16H14ClNO5S/c17-13-5-7-14(8-6-13)24(22,23)18-10-15(19)12-3-1-11(2-4-12)9-16(20)21/h1-8,18H,9-10H2,(H,20,21). The lowest BCUT2D eigenvalue weighted by Gasteiger charge is -2.07. The number of nitrogens with one attached hydrogen (secondary N) is 1. The highest BCUT2D eigenvalue weighted by Crippen LogP contribution is 2.14. The lowest BCUT2D eigenvalue weighted by atomic mass is 10.1. The maximum atomic E-state index is 12.1. The second-order valence-corrected chi connectivity index (χ2v) is 7.17. The van der Waals surface area contributed by atoms with Crippen LogP contribution >= 0.6 is 11.6 Å². The number of Topliss-reactive ketones (excluding diaryl/α,β-unsaturated/α-hetero) is 1. The molecule has 0 aliphatic rings. The quantitative estimate of drug-likeness (QED) is 0.730. The summed E-state index contributed by atoms with van der Waals surface area (Å²) in [5.41, 5.74) is 0.851. The van der Waals surface area contributed by atoms with Crippen molar-refractivity contribution in [3.63, 3.8) is 0 Å². The van der Waals surface area contributed by atoms with Crippen LogP contribution < -0.4 is 4.72 Å². The highest BCUT2D eigenvalue weighted by Gasteiger charge is 2.16. The molecule has 0 bridgehead atoms. The number of halogens is 1. The minimum Gasteiger partial charge on any atom is -0.481 e. The van der Waals surface area contributed by atoms with E-state index in [1.165, 1.54) is 48.5 Å². The molecule has 24 heavy (non-hydrogen) atoms. The van der Waals surface area contributed by atoms with Gasteiger partial charge in [-0.3, -0.25) is 9.59 Å². The molecule has 0 unspecified atom stereocenters. The molecule has 0 aliphatic heterocycles. The third kappa shape index (κ3) is 4.89. The summed E-state index contributed by atoms with van der Waals surface area (Å²) < 4.78 is 26.4. The first-order valence-corrected chi connectivity index (χ1v) is 8.73. The van der Waals surface area contributed by atoms with E-state index in [0.29, 0.717) is 16.1 Å². The molecule has 0 spiro atoms. The van der Waals surface area contributed by atoms with Crippen molar-refractivity contribution in [3.8, 4) is 0 Å². The van der Waals surface area contributed by atoms with Crippen molar-refractivity contribution in [1.29, 1.82) is 0 Å². The Balaban J connectivity index is 2.02. The summed E-state index contributed by atoms with van der Waals surface area (Å²) in [6.45, 7) is -0.400. The fourth-order valence-corrected chi connectivity index (χ4v) is 3.05. The molecule has 0 fully saturated rings. The van der Waals surface area contributed by atoms with Gasteiger partial charge in [0.25, 0.3) is 0 Å². The Hall–Kier alpha value is -2.22. The van der Waals surface area contributed by atoms with Crippen LogP contribution in [0.4, 0.5) is 0 Å². The first-order chi connectivity index (χ1) is 11.3. The third-order valence-electron chi connectivity index (χ3n) is 3.18. The summed E-state index contributed by atoms with van der Waals surface area (Å²) in [4.78, 5) is 22.7. The molecule has 0 aliphatic carbocycles. The summed E-state index contributed by atoms with van der Waals surface area (Å²) in [7, 11) is -3.81. The van der Waals surface area contributed by atoms with Gasteiger partial charge in [0.2, 0.25) is 10.0 Å². The van der Waals surface area contributed by atoms with Gasteiger partial charge < -0.3 is 5.11 Å². The molecule has 0 saturated carbocycles. The van der Waals surface area contributed by atoms with E-state index in [1.54, 1.807) is 0 Å². The van der Waals surface area contributed by atoms with Crippen molar-refractivity contribution >= 4 is 33.4 Å². The molecule has 0 saturated heterocycles. The van der Waals surface area contributed by atoms with Gasteiger partial charge in [0.05, 0.1) is 17.9 Å². The Labute approximate surface area is 144 Å². The van der Waals surface area contributed by atoms with Crippen molar-refractivity contribution in [2.24, 2.45) is 0 Å². The minimum atomic E-state index is -3.81. The molecule has 0 radical (unpaired) electrons. The van der Waals surface area contributed by atoms with E-state index in [4.69, 9.17) is 16.7 Å². The zero-order valence-electron chi connectivity index (χ0n) is 12.4. The second kappa shape index (κ2) is 7.57. The van der Waals surface area contributed by atoms with Crippen LogP contribution in [-0.2, 0) is 21.2 Å². The molecule has 6 nitrogen and oxygen atoms in total. The molecule has 2 aromatic rings. The second-order valence-electron chi connectivity index (χ2n) is 4.97. The predicted octanol–water partition coefficient (Wildman–Crippen LogP) is 2.13. The highest BCUT2D eigenvalue weighted by atomic mass is 35.5. The molecule has 2 N–H and O–H groups in total. The number of sulfonamides is 1. The molecule has 0 atom stereocenters. The smallest absolute Gasteiger partial charge is 0.307 e. The molecule has 0 amide bonds. The van der Waals surface area contributed by atoms with Crippen molar-refractivity contribution in [2.45, 2.75) is 11.3 Å². The maximum Gasteiger partial charge on any atom is 0.307 e. The summed E-state index contributed by atoms with van der Waals surface area (Å²) in [6, 6.07) is 11.6. The fourth-order valence-electron chi connectivity index (χ4n) is 1.94. The first kappa shape index (κ1) is 18.1. The third-order valence-corrected chi connectivity index (χ3v) is 4.85. The van der Waals surface area contributed by atoms with Gasteiger partial charge in [-0.1, -0.05) is 35.9 Å². The van der Waals surface area contributed by atoms with Crippen molar-refractivity contribution < 1.29 is 23.1 Å². The number of hydrogen-bond acceptors (Lipinski definition) is 4. The topological polar surface area (TPSA) is 101 Å². The van der Waals surface area contributed by atoms with E-state index in [9.17, 15) is 18.0 Å². The maximum absolute atomic E-state index is 12.1. The van der Waals surface area contributed by atoms with Crippen LogP contribution in [0.2, 0.25) is 5.02 Å². The van der Waals surface area contributed by atoms with Gasteiger partial charge in [-0.2, -0.15) is 0 Å². The van der Waals surface area contributed by atoms with Gasteiger partial charge in [0.15, 0.2) is 5.78 Å². The number of carbonyl (C=O) groups excluding carboxylic acids is 1. The van der Waals surface area contributed by atoms with E-state index < -0.39 is 28.3 Å². The van der Waals surface area contributed by atoms with E-state index in [1.807, 2.05) is 0 Å². The Morgan fingerprint density at radius 1 is 1.00 bits per heavy atom. The Morgan fingerprint density at radius 2 is 1.58 bits per heavy atom. The van der Waals surface area contributed by atoms with Gasteiger partial charge in [-0.25, -0.2) is 13.1 Å². The normalized spacial score (nSPS) is 11.2. The largest absolute Gasteiger partial charge is 0.481 e. The predicted molar refractivity (Wildman–Crippen MR) is 88.8 cm³/mol. The van der Waals surface area contributed by atoms with Crippen LogP contribution in [0.15, 0.2) is 53.4 Å². The summed E-state index contributed by atoms with van der Waals surface area (Å²) in [5, 5.41) is 9.10. The fraction of sp³-hybridized carbons (Fsp3) is 0.125. The molecular weight excluding hydrogens is 354 g/mol. The van der Waals surface area contributed by atoms with Crippen molar-refractivity contribution in [2.75, 3.05) is 6.54 Å². The van der Waals surface area contributed by atoms with Crippen molar-refractivity contribution in [1.82, 2.24) is 4.72 Å². The minimum absolute atomic E-state index is 0.0107. The zero-order chi connectivity index (χ0) is 17.7. The average molecular weight is 368 g/mol. The zero-order valence-corrected chi connectivity index (χ0v) is 14.0. The lowest BCUT2D eigenvalue weighted by molar-refractivity contribution is -0.136. The molecule has 2 aromatic carbocycles. The number of ketones is 1. The highest BCUT2D eigenvalue weighted by molar-refractivity contribution is 7.89. The molecular formula is C16H14ClNO5S. The van der Waals surface area contributed by atoms with E-state index in [0.717, 1.165) is 0 Å². The Kier molecular flexibility index (Phi) is 5.71. The number of aliphatic carboxylic acids is 1. The van der Waals surface area contributed by atoms with Crippen LogP contribution in [0, 0.1) is 0 Å². The van der Waals surface area contributed by atoms with Crippen molar-refractivity contribution in [3.05, 3.63) is 64.7 Å². The summed E-state index contributed by atoms with van der Waals surface area (Å²) in [5.74, 6) is -1.39. The average Bonchev–Trinajstić information content (AvgIpc) is 2.53. The number of benzene rings is 2. The molecule has 0 aromatic heterocycles. The molecule has 2 rings (SSSR count). The van der Waals surface area contributed by atoms with E-state index in [-0.39, 0.29) is 11.3 Å². The van der Waals surface area contributed by atoms with Crippen LogP contribution in [0.1, 0.15) is 15.9 Å². The number of carboxylic acid groups (broad SMARTS) is 1. The van der Waals surface area contributed by atoms with E-state index in [2.05, 4.69) is 4.72 Å². The first-order valence-electron chi connectivity index (χ1n) is 6.87. The number of carboxylic acids is 1. The Bertz CT molecular complexity index is 845. The SMILES string of the molecule is O=C(O)Cc1ccc(C(=O)CNS(=O)(=O)c2ccc(Cl)cc2)cc1. The molecule has 8 heteroatoms. The van der Waals surface area contributed by atoms with Gasteiger partial charge in [0, 0.05) is 10.6 Å². The van der Waals surface area contributed by atoms with Gasteiger partial charge in [-0.05, 0) is 29.8 Å². The van der Waals surface area contributed by atoms with Crippen LogP contribution in [0.3, 0.4) is 0 Å². The van der Waals surface area contributed by atoms with Crippen LogP contribution in [-0.4, -0.2) is 31.8 Å². The number of hydrogen-bond donors (Lipinski definition) is 2. The number of carbonyl (C=O) groups is 2. The summed E-state index contributed by atoms with van der Waals surface area (Å²) >= 11 is 5.71. The van der Waals surface area contributed by atoms with E-state index >= 15 is 0 Å². The lowest BCUT2D eigenvalue weighted by Crippen LogP contribution is -2.29.